The highest BCUT2D eigenvalue weighted by Crippen LogP contribution is 2.41. The van der Waals surface area contributed by atoms with Gasteiger partial charge in [0.1, 0.15) is 17.0 Å². The second-order valence-corrected chi connectivity index (χ2v) is 8.77. The second-order valence-electron chi connectivity index (χ2n) is 8.77. The number of aromatic hydroxyl groups is 1. The van der Waals surface area contributed by atoms with Crippen LogP contribution in [-0.2, 0) is 10.8 Å². The summed E-state index contributed by atoms with van der Waals surface area (Å²) < 4.78 is 11.3. The molecule has 4 nitrogen and oxygen atoms in total. The summed E-state index contributed by atoms with van der Waals surface area (Å²) in [6.07, 6.45) is 0. The summed E-state index contributed by atoms with van der Waals surface area (Å²) in [7, 11) is 1.63. The van der Waals surface area contributed by atoms with Crippen molar-refractivity contribution in [3.8, 4) is 23.0 Å². The van der Waals surface area contributed by atoms with Crippen molar-refractivity contribution in [2.45, 2.75) is 52.4 Å². The lowest BCUT2D eigenvalue weighted by atomic mass is 9.78. The zero-order valence-electron chi connectivity index (χ0n) is 16.6. The summed E-state index contributed by atoms with van der Waals surface area (Å²) >= 11 is 0. The first-order chi connectivity index (χ1) is 12.0. The number of phenolic OH excluding ortho intramolecular Hbond substituents is 1. The molecule has 2 aromatic carbocycles. The van der Waals surface area contributed by atoms with Crippen molar-refractivity contribution in [2.24, 2.45) is 0 Å². The van der Waals surface area contributed by atoms with Gasteiger partial charge >= 0.3 is 0 Å². The van der Waals surface area contributed by atoms with Crippen molar-refractivity contribution in [3.63, 3.8) is 0 Å². The maximum Gasteiger partial charge on any atom is 0.227 e. The van der Waals surface area contributed by atoms with E-state index in [2.05, 4.69) is 46.5 Å². The van der Waals surface area contributed by atoms with Crippen molar-refractivity contribution in [2.75, 3.05) is 7.11 Å². The number of ether oxygens (including phenoxy) is 1. The van der Waals surface area contributed by atoms with Gasteiger partial charge in [-0.2, -0.15) is 0 Å². The average Bonchev–Trinajstić information content (AvgIpc) is 2.95. The van der Waals surface area contributed by atoms with Crippen LogP contribution in [0.3, 0.4) is 0 Å². The molecule has 26 heavy (non-hydrogen) atoms. The summed E-state index contributed by atoms with van der Waals surface area (Å²) in [5.41, 5.74) is 3.90. The van der Waals surface area contributed by atoms with Gasteiger partial charge in [-0.1, -0.05) is 41.5 Å². The number of benzene rings is 2. The van der Waals surface area contributed by atoms with E-state index in [1.54, 1.807) is 7.11 Å². The first-order valence-corrected chi connectivity index (χ1v) is 8.83. The van der Waals surface area contributed by atoms with E-state index >= 15 is 0 Å². The van der Waals surface area contributed by atoms with Gasteiger partial charge < -0.3 is 14.3 Å². The topological polar surface area (TPSA) is 55.5 Å². The van der Waals surface area contributed by atoms with E-state index in [0.29, 0.717) is 17.2 Å². The Morgan fingerprint density at radius 2 is 1.58 bits per heavy atom. The predicted molar refractivity (Wildman–Crippen MR) is 105 cm³/mol. The maximum absolute atomic E-state index is 10.6. The molecule has 138 valence electrons. The Bertz CT molecular complexity index is 956. The monoisotopic (exact) mass is 353 g/mol. The van der Waals surface area contributed by atoms with E-state index in [1.165, 1.54) is 0 Å². The third-order valence-electron chi connectivity index (χ3n) is 4.58. The molecule has 1 heterocycles. The van der Waals surface area contributed by atoms with Crippen LogP contribution in [-0.4, -0.2) is 17.2 Å². The predicted octanol–water partition coefficient (Wildman–Crippen LogP) is 5.80. The van der Waals surface area contributed by atoms with Gasteiger partial charge in [-0.25, -0.2) is 4.98 Å². The molecule has 0 spiro atoms. The molecule has 4 heteroatoms. The Labute approximate surface area is 154 Å². The number of fused-ring (bicyclic) bond motifs is 1. The Hall–Kier alpha value is -2.49. The van der Waals surface area contributed by atoms with Crippen LogP contribution >= 0.6 is 0 Å². The van der Waals surface area contributed by atoms with Gasteiger partial charge in [0.2, 0.25) is 5.89 Å². The van der Waals surface area contributed by atoms with Gasteiger partial charge in [0.05, 0.1) is 7.11 Å². The van der Waals surface area contributed by atoms with Crippen molar-refractivity contribution >= 4 is 11.1 Å². The molecule has 3 aromatic rings. The van der Waals surface area contributed by atoms with Crippen molar-refractivity contribution < 1.29 is 14.3 Å². The second kappa shape index (κ2) is 6.04. The van der Waals surface area contributed by atoms with Gasteiger partial charge in [-0.3, -0.25) is 0 Å². The minimum Gasteiger partial charge on any atom is -0.508 e. The zero-order valence-corrected chi connectivity index (χ0v) is 16.6. The number of rotatable bonds is 2. The highest BCUT2D eigenvalue weighted by atomic mass is 16.5. The molecular formula is C22H27NO3. The molecule has 0 bridgehead atoms. The third-order valence-corrected chi connectivity index (χ3v) is 4.58. The molecular weight excluding hydrogens is 326 g/mol. The molecule has 1 N–H and O–H groups in total. The molecule has 0 amide bonds. The molecule has 0 atom stereocenters. The van der Waals surface area contributed by atoms with Crippen LogP contribution in [0.1, 0.15) is 52.7 Å². The molecule has 0 unspecified atom stereocenters. The lowest BCUT2D eigenvalue weighted by Crippen LogP contribution is -2.16. The van der Waals surface area contributed by atoms with Crippen molar-refractivity contribution in [1.82, 2.24) is 4.98 Å². The van der Waals surface area contributed by atoms with E-state index in [1.807, 2.05) is 30.3 Å². The van der Waals surface area contributed by atoms with Crippen molar-refractivity contribution in [3.05, 3.63) is 41.5 Å². The van der Waals surface area contributed by atoms with Gasteiger partial charge in [0, 0.05) is 17.2 Å². The summed E-state index contributed by atoms with van der Waals surface area (Å²) in [5, 5.41) is 10.6. The average molecular weight is 353 g/mol. The normalized spacial score (nSPS) is 12.6. The fourth-order valence-corrected chi connectivity index (χ4v) is 3.13. The Kier molecular flexibility index (Phi) is 4.26. The smallest absolute Gasteiger partial charge is 0.227 e. The molecule has 0 saturated carbocycles. The first-order valence-electron chi connectivity index (χ1n) is 8.83. The van der Waals surface area contributed by atoms with Crippen LogP contribution in [0, 0.1) is 0 Å². The standard InChI is InChI=1S/C22H27NO3/c1-21(2,3)15-12-18(24)16(22(4,5)6)11-14(15)20-23-17-9-8-13(25-7)10-19(17)26-20/h8-12,24H,1-7H3. The Morgan fingerprint density at radius 1 is 0.923 bits per heavy atom. The molecule has 3 rings (SSSR count). The van der Waals surface area contributed by atoms with E-state index in [-0.39, 0.29) is 10.8 Å². The maximum atomic E-state index is 10.6. The number of phenols is 1. The van der Waals surface area contributed by atoms with Gasteiger partial charge in [-0.05, 0) is 40.7 Å². The first kappa shape index (κ1) is 18.3. The molecule has 0 aliphatic rings. The SMILES string of the molecule is COc1ccc2nc(-c3cc(C(C)(C)C)c(O)cc3C(C)(C)C)oc2c1. The molecule has 1 aromatic heterocycles. The number of nitrogens with zero attached hydrogens (tertiary/aromatic N) is 1. The Balaban J connectivity index is 2.28. The van der Waals surface area contributed by atoms with Crippen LogP contribution in [0.5, 0.6) is 11.5 Å². The van der Waals surface area contributed by atoms with Crippen LogP contribution in [0.15, 0.2) is 34.7 Å². The molecule has 0 aliphatic carbocycles. The van der Waals surface area contributed by atoms with E-state index in [0.717, 1.165) is 28.0 Å². The minimum absolute atomic E-state index is 0.165. The van der Waals surface area contributed by atoms with Crippen LogP contribution in [0.25, 0.3) is 22.6 Å². The number of hydrogen-bond acceptors (Lipinski definition) is 4. The molecule has 0 saturated heterocycles. The lowest BCUT2D eigenvalue weighted by molar-refractivity contribution is 0.414. The molecule has 0 fully saturated rings. The zero-order chi connectivity index (χ0) is 19.3. The summed E-state index contributed by atoms with van der Waals surface area (Å²) in [6.45, 7) is 12.6. The highest BCUT2D eigenvalue weighted by Gasteiger charge is 2.27. The fourth-order valence-electron chi connectivity index (χ4n) is 3.13. The fraction of sp³-hybridized carbons (Fsp3) is 0.409. The van der Waals surface area contributed by atoms with Crippen LogP contribution < -0.4 is 4.74 Å². The van der Waals surface area contributed by atoms with Gasteiger partial charge in [0.15, 0.2) is 5.58 Å². The number of oxazole rings is 1. The van der Waals surface area contributed by atoms with E-state index in [9.17, 15) is 5.11 Å². The quantitative estimate of drug-likeness (QED) is 0.632. The van der Waals surface area contributed by atoms with Crippen LogP contribution in [0.2, 0.25) is 0 Å². The minimum atomic E-state index is -0.190. The van der Waals surface area contributed by atoms with E-state index < -0.39 is 0 Å². The summed E-state index contributed by atoms with van der Waals surface area (Å²) in [4.78, 5) is 4.68. The largest absolute Gasteiger partial charge is 0.508 e. The van der Waals surface area contributed by atoms with Crippen LogP contribution in [0.4, 0.5) is 0 Å². The molecule has 0 aliphatic heterocycles. The highest BCUT2D eigenvalue weighted by molar-refractivity contribution is 5.79. The van der Waals surface area contributed by atoms with E-state index in [4.69, 9.17) is 9.15 Å². The third kappa shape index (κ3) is 3.28. The van der Waals surface area contributed by atoms with Gasteiger partial charge in [-0.15, -0.1) is 0 Å². The molecule has 0 radical (unpaired) electrons. The summed E-state index contributed by atoms with van der Waals surface area (Å²) in [5.74, 6) is 1.60. The number of hydrogen-bond donors (Lipinski definition) is 1. The number of methoxy groups -OCH3 is 1. The summed E-state index contributed by atoms with van der Waals surface area (Å²) in [6, 6.07) is 9.47. The number of aromatic nitrogens is 1. The van der Waals surface area contributed by atoms with Gasteiger partial charge in [0.25, 0.3) is 0 Å². The lowest BCUT2D eigenvalue weighted by Gasteiger charge is -2.27. The van der Waals surface area contributed by atoms with Crippen molar-refractivity contribution in [1.29, 1.82) is 0 Å². The Morgan fingerprint density at radius 3 is 2.15 bits per heavy atom.